The first-order chi connectivity index (χ1) is 9.69. The van der Waals surface area contributed by atoms with Gasteiger partial charge in [0.2, 0.25) is 0 Å². The summed E-state index contributed by atoms with van der Waals surface area (Å²) in [4.78, 5) is 0. The minimum Gasteiger partial charge on any atom is -0.394 e. The van der Waals surface area contributed by atoms with Crippen molar-refractivity contribution in [3.8, 4) is 0 Å². The molecule has 0 aromatic carbocycles. The topological polar surface area (TPSA) is 50.1 Å². The number of aryl methyl sites for hydroxylation is 2. The smallest absolute Gasteiger partial charge is 0.0641 e. The van der Waals surface area contributed by atoms with E-state index in [1.165, 1.54) is 18.5 Å². The van der Waals surface area contributed by atoms with Gasteiger partial charge in [-0.05, 0) is 50.6 Å². The largest absolute Gasteiger partial charge is 0.394 e. The summed E-state index contributed by atoms with van der Waals surface area (Å²) in [6.45, 7) is 8.42. The normalized spacial score (nSPS) is 18.2. The van der Waals surface area contributed by atoms with Crippen molar-refractivity contribution in [3.63, 3.8) is 0 Å². The molecule has 1 aliphatic carbocycles. The van der Waals surface area contributed by atoms with Crippen molar-refractivity contribution >= 4 is 0 Å². The van der Waals surface area contributed by atoms with Crippen molar-refractivity contribution in [2.75, 3.05) is 13.2 Å². The predicted molar refractivity (Wildman–Crippen MR) is 81.8 cm³/mol. The average Bonchev–Trinajstić information content (AvgIpc) is 3.25. The fourth-order valence-electron chi connectivity index (χ4n) is 2.95. The zero-order valence-electron chi connectivity index (χ0n) is 13.2. The Labute approximate surface area is 122 Å². The summed E-state index contributed by atoms with van der Waals surface area (Å²) in [5, 5.41) is 18.3. The predicted octanol–water partition coefficient (Wildman–Crippen LogP) is 2.15. The summed E-state index contributed by atoms with van der Waals surface area (Å²) < 4.78 is 2.12. The molecule has 0 bridgehead atoms. The number of aliphatic hydroxyl groups excluding tert-OH is 1. The third-order valence-electron chi connectivity index (χ3n) is 4.44. The summed E-state index contributed by atoms with van der Waals surface area (Å²) in [5.41, 5.74) is 2.25. The van der Waals surface area contributed by atoms with Crippen LogP contribution in [0.2, 0.25) is 0 Å². The van der Waals surface area contributed by atoms with Gasteiger partial charge in [0.05, 0.1) is 24.4 Å². The van der Waals surface area contributed by atoms with Gasteiger partial charge >= 0.3 is 0 Å². The number of hydrogen-bond donors (Lipinski definition) is 2. The van der Waals surface area contributed by atoms with Gasteiger partial charge in [-0.2, -0.15) is 5.10 Å². The quantitative estimate of drug-likeness (QED) is 0.728. The van der Waals surface area contributed by atoms with Crippen molar-refractivity contribution in [3.05, 3.63) is 17.5 Å². The molecule has 2 N–H and O–H groups in total. The minimum absolute atomic E-state index is 0.184. The molecule has 1 aliphatic rings. The van der Waals surface area contributed by atoms with Crippen molar-refractivity contribution < 1.29 is 5.11 Å². The van der Waals surface area contributed by atoms with Crippen molar-refractivity contribution in [1.29, 1.82) is 0 Å². The molecule has 1 atom stereocenters. The Morgan fingerprint density at radius 2 is 2.10 bits per heavy atom. The van der Waals surface area contributed by atoms with Gasteiger partial charge in [0, 0.05) is 5.69 Å². The van der Waals surface area contributed by atoms with Crippen LogP contribution in [0.4, 0.5) is 0 Å². The number of nitrogens with zero attached hydrogens (tertiary/aromatic N) is 2. The lowest BCUT2D eigenvalue weighted by molar-refractivity contribution is 0.117. The van der Waals surface area contributed by atoms with Gasteiger partial charge in [-0.1, -0.05) is 20.8 Å². The van der Waals surface area contributed by atoms with Crippen LogP contribution < -0.4 is 5.32 Å². The van der Waals surface area contributed by atoms with E-state index in [-0.39, 0.29) is 12.1 Å². The first-order valence-electron chi connectivity index (χ1n) is 8.10. The van der Waals surface area contributed by atoms with E-state index in [1.54, 1.807) is 0 Å². The van der Waals surface area contributed by atoms with E-state index in [9.17, 15) is 5.11 Å². The van der Waals surface area contributed by atoms with Crippen LogP contribution in [-0.2, 0) is 19.4 Å². The Bertz CT molecular complexity index is 425. The fourth-order valence-corrected chi connectivity index (χ4v) is 2.95. The SMILES string of the molecule is CCCNC(CO)(Cn1nc(CC)cc1CC)C1CC1. The molecule has 1 fully saturated rings. The van der Waals surface area contributed by atoms with Gasteiger partial charge in [-0.25, -0.2) is 0 Å². The van der Waals surface area contributed by atoms with Gasteiger partial charge < -0.3 is 10.4 Å². The zero-order valence-corrected chi connectivity index (χ0v) is 13.2. The van der Waals surface area contributed by atoms with E-state index in [2.05, 4.69) is 36.8 Å². The van der Waals surface area contributed by atoms with Crippen LogP contribution in [0, 0.1) is 5.92 Å². The molecule has 0 aliphatic heterocycles. The van der Waals surface area contributed by atoms with E-state index in [1.807, 2.05) is 0 Å². The molecule has 0 saturated heterocycles. The summed E-state index contributed by atoms with van der Waals surface area (Å²) in [7, 11) is 0. The maximum atomic E-state index is 10.00. The Kier molecular flexibility index (Phi) is 5.22. The minimum atomic E-state index is -0.184. The molecule has 1 aromatic heterocycles. The Morgan fingerprint density at radius 1 is 1.35 bits per heavy atom. The van der Waals surface area contributed by atoms with Gasteiger partial charge in [-0.3, -0.25) is 4.68 Å². The molecular weight excluding hydrogens is 250 g/mol. The van der Waals surface area contributed by atoms with Crippen LogP contribution in [0.25, 0.3) is 0 Å². The molecule has 0 spiro atoms. The highest BCUT2D eigenvalue weighted by Gasteiger charge is 2.45. The second kappa shape index (κ2) is 6.72. The third-order valence-corrected chi connectivity index (χ3v) is 4.44. The maximum absolute atomic E-state index is 10.00. The summed E-state index contributed by atoms with van der Waals surface area (Å²) in [6.07, 6.45) is 5.50. The molecule has 4 heteroatoms. The third kappa shape index (κ3) is 3.23. The second-order valence-corrected chi connectivity index (χ2v) is 6.01. The molecule has 4 nitrogen and oxygen atoms in total. The lowest BCUT2D eigenvalue weighted by atomic mass is 9.93. The average molecular weight is 279 g/mol. The monoisotopic (exact) mass is 279 g/mol. The molecule has 0 radical (unpaired) electrons. The lowest BCUT2D eigenvalue weighted by Gasteiger charge is -2.34. The molecule has 1 unspecified atom stereocenters. The first-order valence-corrected chi connectivity index (χ1v) is 8.10. The van der Waals surface area contributed by atoms with Crippen LogP contribution in [0.3, 0.4) is 0 Å². The lowest BCUT2D eigenvalue weighted by Crippen LogP contribution is -2.54. The molecule has 0 amide bonds. The molecule has 114 valence electrons. The van der Waals surface area contributed by atoms with Gasteiger partial charge in [-0.15, -0.1) is 0 Å². The van der Waals surface area contributed by atoms with Crippen molar-refractivity contribution in [2.45, 2.75) is 65.0 Å². The highest BCUT2D eigenvalue weighted by atomic mass is 16.3. The molecule has 20 heavy (non-hydrogen) atoms. The number of aliphatic hydroxyl groups is 1. The number of nitrogens with one attached hydrogen (secondary N) is 1. The van der Waals surface area contributed by atoms with Gasteiger partial charge in [0.25, 0.3) is 0 Å². The Hall–Kier alpha value is -0.870. The van der Waals surface area contributed by atoms with E-state index >= 15 is 0 Å². The zero-order chi connectivity index (χ0) is 14.6. The summed E-state index contributed by atoms with van der Waals surface area (Å²) >= 11 is 0. The van der Waals surface area contributed by atoms with Crippen molar-refractivity contribution in [2.24, 2.45) is 5.92 Å². The van der Waals surface area contributed by atoms with Gasteiger partial charge in [0.15, 0.2) is 0 Å². The van der Waals surface area contributed by atoms with Crippen LogP contribution >= 0.6 is 0 Å². The van der Waals surface area contributed by atoms with Gasteiger partial charge in [0.1, 0.15) is 0 Å². The summed E-state index contributed by atoms with van der Waals surface area (Å²) in [5.74, 6) is 0.595. The van der Waals surface area contributed by atoms with E-state index in [0.29, 0.717) is 5.92 Å². The Morgan fingerprint density at radius 3 is 2.60 bits per heavy atom. The van der Waals surface area contributed by atoms with Crippen LogP contribution in [0.5, 0.6) is 0 Å². The standard InChI is InChI=1S/C16H29N3O/c1-4-9-17-16(12-20,13-7-8-13)11-19-15(6-3)10-14(5-2)18-19/h10,13,17,20H,4-9,11-12H2,1-3H3. The first kappa shape index (κ1) is 15.5. The van der Waals surface area contributed by atoms with Crippen molar-refractivity contribution in [1.82, 2.24) is 15.1 Å². The van der Waals surface area contributed by atoms with Crippen LogP contribution in [0.1, 0.15) is 51.4 Å². The Balaban J connectivity index is 2.20. The number of aromatic nitrogens is 2. The van der Waals surface area contributed by atoms with Crippen LogP contribution in [0.15, 0.2) is 6.07 Å². The number of hydrogen-bond acceptors (Lipinski definition) is 3. The fraction of sp³-hybridized carbons (Fsp3) is 0.812. The molecule has 1 heterocycles. The highest BCUT2D eigenvalue weighted by molar-refractivity contribution is 5.12. The summed E-state index contributed by atoms with van der Waals surface area (Å²) in [6, 6.07) is 2.20. The highest BCUT2D eigenvalue weighted by Crippen LogP contribution is 2.40. The second-order valence-electron chi connectivity index (χ2n) is 6.01. The van der Waals surface area contributed by atoms with E-state index in [0.717, 1.165) is 38.0 Å². The molecule has 2 rings (SSSR count). The van der Waals surface area contributed by atoms with Crippen LogP contribution in [-0.4, -0.2) is 33.6 Å². The molecular formula is C16H29N3O. The maximum Gasteiger partial charge on any atom is 0.0641 e. The molecule has 1 saturated carbocycles. The molecule has 1 aromatic rings. The van der Waals surface area contributed by atoms with E-state index in [4.69, 9.17) is 5.10 Å². The number of rotatable bonds is 9. The van der Waals surface area contributed by atoms with E-state index < -0.39 is 0 Å².